The van der Waals surface area contributed by atoms with Crippen molar-refractivity contribution in [3.05, 3.63) is 69.7 Å². The summed E-state index contributed by atoms with van der Waals surface area (Å²) in [7, 11) is 0. The molecule has 20 heavy (non-hydrogen) atoms. The highest BCUT2D eigenvalue weighted by molar-refractivity contribution is 9.10. The Morgan fingerprint density at radius 2 is 1.70 bits per heavy atom. The first-order valence-electron chi connectivity index (χ1n) is 6.27. The molecule has 0 saturated heterocycles. The van der Waals surface area contributed by atoms with E-state index in [2.05, 4.69) is 15.9 Å². The minimum Gasteiger partial charge on any atom is -0.389 e. The Bertz CT molecular complexity index is 611. The van der Waals surface area contributed by atoms with Gasteiger partial charge >= 0.3 is 0 Å². The molecule has 0 aliphatic rings. The van der Waals surface area contributed by atoms with Crippen LogP contribution in [0.1, 0.15) is 18.1 Å². The summed E-state index contributed by atoms with van der Waals surface area (Å²) in [5.41, 5.74) is -0.0465. The number of benzene rings is 2. The van der Waals surface area contributed by atoms with Crippen molar-refractivity contribution >= 4 is 15.9 Å². The number of rotatable bonds is 4. The van der Waals surface area contributed by atoms with Crippen LogP contribution < -0.4 is 0 Å². The average Bonchev–Trinajstić information content (AvgIpc) is 2.36. The molecule has 0 aliphatic carbocycles. The van der Waals surface area contributed by atoms with Gasteiger partial charge in [0.1, 0.15) is 11.6 Å². The third kappa shape index (κ3) is 3.87. The van der Waals surface area contributed by atoms with Gasteiger partial charge in [-0.3, -0.25) is 0 Å². The molecule has 0 bridgehead atoms. The second-order valence-electron chi connectivity index (χ2n) is 5.18. The standard InChI is InChI=1S/C16H15BrF2O/c1-16(20,9-11-4-2-3-5-15(11)19)10-12-8-13(18)6-7-14(12)17/h2-8,20H,9-10H2,1H3. The molecule has 0 amide bonds. The maximum Gasteiger partial charge on any atom is 0.126 e. The molecule has 0 fully saturated rings. The lowest BCUT2D eigenvalue weighted by molar-refractivity contribution is 0.0597. The predicted molar refractivity (Wildman–Crippen MR) is 78.5 cm³/mol. The lowest BCUT2D eigenvalue weighted by atomic mass is 9.89. The van der Waals surface area contributed by atoms with E-state index in [9.17, 15) is 13.9 Å². The first-order valence-corrected chi connectivity index (χ1v) is 7.06. The molecule has 1 atom stereocenters. The molecule has 2 rings (SSSR count). The van der Waals surface area contributed by atoms with Crippen LogP contribution in [-0.4, -0.2) is 10.7 Å². The van der Waals surface area contributed by atoms with Crippen molar-refractivity contribution in [2.75, 3.05) is 0 Å². The molecule has 1 nitrogen and oxygen atoms in total. The first-order chi connectivity index (χ1) is 9.37. The molecule has 0 heterocycles. The van der Waals surface area contributed by atoms with Gasteiger partial charge < -0.3 is 5.11 Å². The summed E-state index contributed by atoms with van der Waals surface area (Å²) in [4.78, 5) is 0. The molecule has 0 saturated carbocycles. The van der Waals surface area contributed by atoms with Gasteiger partial charge in [0.25, 0.3) is 0 Å². The summed E-state index contributed by atoms with van der Waals surface area (Å²) in [5.74, 6) is -0.698. The molecule has 4 heteroatoms. The minimum atomic E-state index is -1.15. The van der Waals surface area contributed by atoms with E-state index in [1.165, 1.54) is 18.2 Å². The van der Waals surface area contributed by atoms with E-state index < -0.39 is 5.60 Å². The Labute approximate surface area is 125 Å². The van der Waals surface area contributed by atoms with E-state index in [0.717, 1.165) is 4.47 Å². The van der Waals surface area contributed by atoms with Gasteiger partial charge in [-0.2, -0.15) is 0 Å². The van der Waals surface area contributed by atoms with Crippen molar-refractivity contribution in [2.24, 2.45) is 0 Å². The molecule has 0 aromatic heterocycles. The number of aliphatic hydroxyl groups is 1. The Kier molecular flexibility index (Phi) is 4.55. The van der Waals surface area contributed by atoms with Gasteiger partial charge in [-0.25, -0.2) is 8.78 Å². The van der Waals surface area contributed by atoms with Crippen molar-refractivity contribution in [1.29, 1.82) is 0 Å². The van der Waals surface area contributed by atoms with Crippen LogP contribution in [0.15, 0.2) is 46.9 Å². The summed E-state index contributed by atoms with van der Waals surface area (Å²) in [6.07, 6.45) is 0.405. The summed E-state index contributed by atoms with van der Waals surface area (Å²) in [6.45, 7) is 1.62. The molecule has 0 aliphatic heterocycles. The van der Waals surface area contributed by atoms with E-state index in [-0.39, 0.29) is 24.5 Å². The SMILES string of the molecule is CC(O)(Cc1ccccc1F)Cc1cc(F)ccc1Br. The van der Waals surface area contributed by atoms with Crippen LogP contribution in [0.5, 0.6) is 0 Å². The lowest BCUT2D eigenvalue weighted by Gasteiger charge is -2.24. The van der Waals surface area contributed by atoms with Crippen LogP contribution in [0.2, 0.25) is 0 Å². The Balaban J connectivity index is 2.19. The molecule has 106 valence electrons. The Morgan fingerprint density at radius 3 is 2.40 bits per heavy atom. The lowest BCUT2D eigenvalue weighted by Crippen LogP contribution is -2.30. The van der Waals surface area contributed by atoms with Crippen LogP contribution in [0, 0.1) is 11.6 Å². The molecule has 2 aromatic carbocycles. The molecule has 0 spiro atoms. The van der Waals surface area contributed by atoms with Crippen molar-refractivity contribution < 1.29 is 13.9 Å². The zero-order chi connectivity index (χ0) is 14.8. The van der Waals surface area contributed by atoms with Crippen LogP contribution in [0.25, 0.3) is 0 Å². The highest BCUT2D eigenvalue weighted by Crippen LogP contribution is 2.25. The van der Waals surface area contributed by atoms with Gasteiger partial charge in [0.15, 0.2) is 0 Å². The first kappa shape index (κ1) is 15.1. The van der Waals surface area contributed by atoms with Crippen molar-refractivity contribution in [1.82, 2.24) is 0 Å². The quantitative estimate of drug-likeness (QED) is 0.881. The third-order valence-corrected chi connectivity index (χ3v) is 3.88. The second kappa shape index (κ2) is 6.02. The summed E-state index contributed by atoms with van der Waals surface area (Å²) < 4.78 is 27.6. The predicted octanol–water partition coefficient (Wildman–Crippen LogP) is 4.26. The highest BCUT2D eigenvalue weighted by atomic mass is 79.9. The van der Waals surface area contributed by atoms with E-state index in [0.29, 0.717) is 11.1 Å². The monoisotopic (exact) mass is 340 g/mol. The molecule has 0 radical (unpaired) electrons. The normalized spacial score (nSPS) is 14.1. The maximum absolute atomic E-state index is 13.6. The van der Waals surface area contributed by atoms with Crippen molar-refractivity contribution in [3.8, 4) is 0 Å². The molecular formula is C16H15BrF2O. The Hall–Kier alpha value is -1.26. The van der Waals surface area contributed by atoms with E-state index in [1.54, 1.807) is 31.2 Å². The van der Waals surface area contributed by atoms with Crippen LogP contribution in [-0.2, 0) is 12.8 Å². The number of hydrogen-bond donors (Lipinski definition) is 1. The van der Waals surface area contributed by atoms with Crippen LogP contribution in [0.4, 0.5) is 8.78 Å². The van der Waals surface area contributed by atoms with E-state index in [1.807, 2.05) is 0 Å². The van der Waals surface area contributed by atoms with Gasteiger partial charge in [0.05, 0.1) is 5.60 Å². The number of halogens is 3. The minimum absolute atomic E-state index is 0.169. The third-order valence-electron chi connectivity index (χ3n) is 3.11. The van der Waals surface area contributed by atoms with Crippen LogP contribution in [0.3, 0.4) is 0 Å². The van der Waals surface area contributed by atoms with Crippen molar-refractivity contribution in [3.63, 3.8) is 0 Å². The molecule has 1 unspecified atom stereocenters. The fraction of sp³-hybridized carbons (Fsp3) is 0.250. The topological polar surface area (TPSA) is 20.2 Å². The van der Waals surface area contributed by atoms with Crippen LogP contribution >= 0.6 is 15.9 Å². The van der Waals surface area contributed by atoms with E-state index in [4.69, 9.17) is 0 Å². The highest BCUT2D eigenvalue weighted by Gasteiger charge is 2.24. The maximum atomic E-state index is 13.6. The fourth-order valence-electron chi connectivity index (χ4n) is 2.20. The summed E-state index contributed by atoms with van der Waals surface area (Å²) >= 11 is 3.33. The van der Waals surface area contributed by atoms with Gasteiger partial charge in [0.2, 0.25) is 0 Å². The smallest absolute Gasteiger partial charge is 0.126 e. The molecule has 1 N–H and O–H groups in total. The zero-order valence-corrected chi connectivity index (χ0v) is 12.6. The summed E-state index contributed by atoms with van der Waals surface area (Å²) in [6, 6.07) is 10.7. The van der Waals surface area contributed by atoms with E-state index >= 15 is 0 Å². The fourth-order valence-corrected chi connectivity index (χ4v) is 2.59. The summed E-state index contributed by atoms with van der Waals surface area (Å²) in [5, 5.41) is 10.5. The van der Waals surface area contributed by atoms with Gasteiger partial charge in [-0.05, 0) is 42.3 Å². The number of hydrogen-bond acceptors (Lipinski definition) is 1. The van der Waals surface area contributed by atoms with Gasteiger partial charge in [0, 0.05) is 17.3 Å². The van der Waals surface area contributed by atoms with Gasteiger partial charge in [-0.1, -0.05) is 34.1 Å². The average molecular weight is 341 g/mol. The largest absolute Gasteiger partial charge is 0.389 e. The second-order valence-corrected chi connectivity index (χ2v) is 6.03. The zero-order valence-electron chi connectivity index (χ0n) is 11.0. The Morgan fingerprint density at radius 1 is 1.05 bits per heavy atom. The van der Waals surface area contributed by atoms with Gasteiger partial charge in [-0.15, -0.1) is 0 Å². The molecule has 2 aromatic rings. The van der Waals surface area contributed by atoms with Crippen molar-refractivity contribution in [2.45, 2.75) is 25.4 Å². The molecular weight excluding hydrogens is 326 g/mol.